The molecule has 92 valence electrons. The van der Waals surface area contributed by atoms with Crippen molar-refractivity contribution in [2.45, 2.75) is 56.9 Å². The zero-order valence-corrected chi connectivity index (χ0v) is 10.8. The standard InChI is InChI=1S/C16H23N/c1-13-6-8-14(9-7-13)16(10-3-11-16)12-17-15-4-2-5-15/h6-9,15,17H,2-5,10-12H2,1H3. The van der Waals surface area contributed by atoms with E-state index in [1.54, 1.807) is 5.56 Å². The number of hydrogen-bond donors (Lipinski definition) is 1. The van der Waals surface area contributed by atoms with E-state index >= 15 is 0 Å². The molecule has 2 saturated carbocycles. The van der Waals surface area contributed by atoms with Crippen molar-refractivity contribution >= 4 is 0 Å². The Bertz CT molecular complexity index is 371. The Labute approximate surface area is 105 Å². The van der Waals surface area contributed by atoms with Crippen LogP contribution in [0.2, 0.25) is 0 Å². The Morgan fingerprint density at radius 2 is 1.82 bits per heavy atom. The minimum atomic E-state index is 0.462. The molecule has 1 aromatic rings. The minimum Gasteiger partial charge on any atom is -0.313 e. The van der Waals surface area contributed by atoms with Gasteiger partial charge in [-0.15, -0.1) is 0 Å². The van der Waals surface area contributed by atoms with E-state index in [1.165, 1.54) is 50.6 Å². The van der Waals surface area contributed by atoms with Crippen LogP contribution in [0.15, 0.2) is 24.3 Å². The molecule has 0 radical (unpaired) electrons. The van der Waals surface area contributed by atoms with Crippen LogP contribution in [-0.4, -0.2) is 12.6 Å². The summed E-state index contributed by atoms with van der Waals surface area (Å²) in [5.41, 5.74) is 3.39. The molecule has 1 heteroatoms. The maximum Gasteiger partial charge on any atom is 0.00779 e. The maximum absolute atomic E-state index is 3.77. The lowest BCUT2D eigenvalue weighted by atomic mass is 9.64. The molecule has 3 rings (SSSR count). The first kappa shape index (κ1) is 11.3. The van der Waals surface area contributed by atoms with Gasteiger partial charge in [-0.05, 0) is 38.2 Å². The van der Waals surface area contributed by atoms with Crippen molar-refractivity contribution in [3.05, 3.63) is 35.4 Å². The van der Waals surface area contributed by atoms with Crippen molar-refractivity contribution < 1.29 is 0 Å². The van der Waals surface area contributed by atoms with Gasteiger partial charge in [0.15, 0.2) is 0 Å². The molecule has 0 bridgehead atoms. The molecule has 0 aromatic heterocycles. The smallest absolute Gasteiger partial charge is 0.00779 e. The van der Waals surface area contributed by atoms with Gasteiger partial charge in [-0.2, -0.15) is 0 Å². The van der Waals surface area contributed by atoms with Gasteiger partial charge >= 0.3 is 0 Å². The van der Waals surface area contributed by atoms with Crippen LogP contribution >= 0.6 is 0 Å². The molecule has 0 saturated heterocycles. The quantitative estimate of drug-likeness (QED) is 0.832. The van der Waals surface area contributed by atoms with E-state index in [4.69, 9.17) is 0 Å². The van der Waals surface area contributed by atoms with Gasteiger partial charge in [0.2, 0.25) is 0 Å². The molecule has 2 aliphatic rings. The second kappa shape index (κ2) is 4.45. The lowest BCUT2D eigenvalue weighted by Crippen LogP contribution is -2.48. The van der Waals surface area contributed by atoms with E-state index in [1.807, 2.05) is 0 Å². The molecular weight excluding hydrogens is 206 g/mol. The predicted molar refractivity (Wildman–Crippen MR) is 72.3 cm³/mol. The maximum atomic E-state index is 3.77. The van der Waals surface area contributed by atoms with Gasteiger partial charge in [-0.25, -0.2) is 0 Å². The number of hydrogen-bond acceptors (Lipinski definition) is 1. The van der Waals surface area contributed by atoms with Gasteiger partial charge in [0.25, 0.3) is 0 Å². The van der Waals surface area contributed by atoms with Crippen molar-refractivity contribution in [2.75, 3.05) is 6.54 Å². The van der Waals surface area contributed by atoms with E-state index in [0.29, 0.717) is 5.41 Å². The van der Waals surface area contributed by atoms with E-state index in [0.717, 1.165) is 6.04 Å². The van der Waals surface area contributed by atoms with Crippen LogP contribution < -0.4 is 5.32 Å². The molecule has 0 atom stereocenters. The Hall–Kier alpha value is -0.820. The normalized spacial score (nSPS) is 22.9. The van der Waals surface area contributed by atoms with Crippen LogP contribution in [0.5, 0.6) is 0 Å². The molecule has 2 fully saturated rings. The Morgan fingerprint density at radius 3 is 2.29 bits per heavy atom. The summed E-state index contributed by atoms with van der Waals surface area (Å²) in [7, 11) is 0. The van der Waals surface area contributed by atoms with Gasteiger partial charge in [-0.1, -0.05) is 42.7 Å². The van der Waals surface area contributed by atoms with Crippen molar-refractivity contribution in [1.29, 1.82) is 0 Å². The van der Waals surface area contributed by atoms with Crippen molar-refractivity contribution in [1.82, 2.24) is 5.32 Å². The molecule has 0 amide bonds. The van der Waals surface area contributed by atoms with Crippen molar-refractivity contribution in [3.63, 3.8) is 0 Å². The first-order chi connectivity index (χ1) is 8.28. The van der Waals surface area contributed by atoms with Crippen LogP contribution in [-0.2, 0) is 5.41 Å². The van der Waals surface area contributed by atoms with Crippen LogP contribution in [0.4, 0.5) is 0 Å². The SMILES string of the molecule is Cc1ccc(C2(CNC3CCC3)CCC2)cc1. The summed E-state index contributed by atoms with van der Waals surface area (Å²) in [6.07, 6.45) is 8.36. The molecule has 2 aliphatic carbocycles. The number of rotatable bonds is 4. The molecule has 0 spiro atoms. The molecule has 17 heavy (non-hydrogen) atoms. The van der Waals surface area contributed by atoms with E-state index in [-0.39, 0.29) is 0 Å². The number of nitrogens with one attached hydrogen (secondary N) is 1. The molecule has 0 heterocycles. The summed E-state index contributed by atoms with van der Waals surface area (Å²) in [5, 5.41) is 3.77. The highest BCUT2D eigenvalue weighted by atomic mass is 14.9. The van der Waals surface area contributed by atoms with Gasteiger partial charge in [0, 0.05) is 18.0 Å². The zero-order chi connectivity index (χ0) is 11.7. The van der Waals surface area contributed by atoms with Crippen molar-refractivity contribution in [2.24, 2.45) is 0 Å². The fraction of sp³-hybridized carbons (Fsp3) is 0.625. The van der Waals surface area contributed by atoms with Gasteiger partial charge in [-0.3, -0.25) is 0 Å². The van der Waals surface area contributed by atoms with Crippen LogP contribution in [0.1, 0.15) is 49.7 Å². The summed E-state index contributed by atoms with van der Waals surface area (Å²) in [5.74, 6) is 0. The topological polar surface area (TPSA) is 12.0 Å². The van der Waals surface area contributed by atoms with Crippen LogP contribution in [0, 0.1) is 6.92 Å². The Morgan fingerprint density at radius 1 is 1.12 bits per heavy atom. The molecule has 1 N–H and O–H groups in total. The lowest BCUT2D eigenvalue weighted by Gasteiger charge is -2.44. The lowest BCUT2D eigenvalue weighted by molar-refractivity contribution is 0.207. The number of benzene rings is 1. The Kier molecular flexibility index (Phi) is 2.96. The third kappa shape index (κ3) is 2.13. The highest BCUT2D eigenvalue weighted by Gasteiger charge is 2.38. The van der Waals surface area contributed by atoms with Crippen LogP contribution in [0.3, 0.4) is 0 Å². The molecule has 0 unspecified atom stereocenters. The first-order valence-corrected chi connectivity index (χ1v) is 7.09. The summed E-state index contributed by atoms with van der Waals surface area (Å²) in [4.78, 5) is 0. The fourth-order valence-corrected chi connectivity index (χ4v) is 3.03. The first-order valence-electron chi connectivity index (χ1n) is 7.09. The average Bonchev–Trinajstić information content (AvgIpc) is 2.21. The predicted octanol–water partition coefficient (Wildman–Crippen LogP) is 3.56. The fourth-order valence-electron chi connectivity index (χ4n) is 3.03. The van der Waals surface area contributed by atoms with Crippen LogP contribution in [0.25, 0.3) is 0 Å². The van der Waals surface area contributed by atoms with Gasteiger partial charge < -0.3 is 5.32 Å². The summed E-state index contributed by atoms with van der Waals surface area (Å²) in [6, 6.07) is 10.0. The zero-order valence-electron chi connectivity index (χ0n) is 10.8. The molecule has 1 nitrogen and oxygen atoms in total. The monoisotopic (exact) mass is 229 g/mol. The molecule has 0 aliphatic heterocycles. The van der Waals surface area contributed by atoms with Gasteiger partial charge in [0.1, 0.15) is 0 Å². The second-order valence-corrected chi connectivity index (χ2v) is 6.01. The second-order valence-electron chi connectivity index (χ2n) is 6.01. The summed E-state index contributed by atoms with van der Waals surface area (Å²) >= 11 is 0. The highest BCUT2D eigenvalue weighted by molar-refractivity contribution is 5.31. The molecular formula is C16H23N. The van der Waals surface area contributed by atoms with E-state index < -0.39 is 0 Å². The van der Waals surface area contributed by atoms with E-state index in [2.05, 4.69) is 36.5 Å². The Balaban J connectivity index is 1.69. The third-order valence-electron chi connectivity index (χ3n) is 4.81. The average molecular weight is 229 g/mol. The van der Waals surface area contributed by atoms with Gasteiger partial charge in [0.05, 0.1) is 0 Å². The van der Waals surface area contributed by atoms with Crippen molar-refractivity contribution in [3.8, 4) is 0 Å². The highest BCUT2D eigenvalue weighted by Crippen LogP contribution is 2.43. The largest absolute Gasteiger partial charge is 0.313 e. The molecule has 1 aromatic carbocycles. The number of aryl methyl sites for hydroxylation is 1. The summed E-state index contributed by atoms with van der Waals surface area (Å²) < 4.78 is 0. The third-order valence-corrected chi connectivity index (χ3v) is 4.81. The summed E-state index contributed by atoms with van der Waals surface area (Å²) in [6.45, 7) is 3.37. The minimum absolute atomic E-state index is 0.462. The van der Waals surface area contributed by atoms with E-state index in [9.17, 15) is 0 Å².